The highest BCUT2D eigenvalue weighted by Crippen LogP contribution is 2.01. The number of nitrogens with one attached hydrogen (secondary N) is 1. The third-order valence-corrected chi connectivity index (χ3v) is 2.81. The molecule has 90 valence electrons. The maximum atomic E-state index is 11.6. The second-order valence-electron chi connectivity index (χ2n) is 3.74. The Morgan fingerprint density at radius 2 is 2.20 bits per heavy atom. The van der Waals surface area contributed by atoms with Crippen molar-refractivity contribution in [2.45, 2.75) is 32.4 Å². The molecule has 0 aliphatic rings. The molecule has 5 heteroatoms. The zero-order chi connectivity index (χ0) is 11.8. The van der Waals surface area contributed by atoms with E-state index >= 15 is 0 Å². The molecule has 0 spiro atoms. The van der Waals surface area contributed by atoms with Gasteiger partial charge in [0.15, 0.2) is 0 Å². The molecule has 2 atom stereocenters. The van der Waals surface area contributed by atoms with Crippen LogP contribution in [0.1, 0.15) is 20.3 Å². The van der Waals surface area contributed by atoms with E-state index in [2.05, 4.69) is 12.2 Å². The number of aliphatic hydroxyl groups excluding tert-OH is 1. The molecule has 0 fully saturated rings. The van der Waals surface area contributed by atoms with Crippen LogP contribution in [0.5, 0.6) is 0 Å². The average molecular weight is 234 g/mol. The van der Waals surface area contributed by atoms with Crippen molar-refractivity contribution in [2.75, 3.05) is 25.6 Å². The van der Waals surface area contributed by atoms with Crippen molar-refractivity contribution >= 4 is 17.8 Å². The molecule has 0 saturated heterocycles. The number of likely N-dealkylation sites (N-methyl/N-ethyl adjacent to an activating group) is 1. The molecule has 2 N–H and O–H groups in total. The van der Waals surface area contributed by atoms with Crippen molar-refractivity contribution in [3.63, 3.8) is 0 Å². The van der Waals surface area contributed by atoms with E-state index in [-0.39, 0.29) is 12.1 Å². The topological polar surface area (TPSA) is 52.6 Å². The van der Waals surface area contributed by atoms with Crippen LogP contribution in [0.25, 0.3) is 0 Å². The Hall–Kier alpha value is -0.420. The van der Waals surface area contributed by atoms with Gasteiger partial charge in [-0.25, -0.2) is 4.79 Å². The molecular weight excluding hydrogens is 212 g/mol. The number of carbonyl (C=O) groups is 1. The number of carbonyl (C=O) groups excluding carboxylic acids is 1. The summed E-state index contributed by atoms with van der Waals surface area (Å²) in [5, 5.41) is 12.1. The molecule has 2 unspecified atom stereocenters. The summed E-state index contributed by atoms with van der Waals surface area (Å²) in [6, 6.07) is 0.0979. The third kappa shape index (κ3) is 6.62. The molecule has 0 heterocycles. The van der Waals surface area contributed by atoms with Crippen LogP contribution in [0.4, 0.5) is 4.79 Å². The Kier molecular flexibility index (Phi) is 7.60. The van der Waals surface area contributed by atoms with Crippen LogP contribution in [-0.4, -0.2) is 53.8 Å². The predicted molar refractivity (Wildman–Crippen MR) is 65.3 cm³/mol. The van der Waals surface area contributed by atoms with Gasteiger partial charge in [-0.05, 0) is 19.6 Å². The van der Waals surface area contributed by atoms with Crippen molar-refractivity contribution in [1.29, 1.82) is 0 Å². The van der Waals surface area contributed by atoms with E-state index in [1.165, 1.54) is 4.90 Å². The highest BCUT2D eigenvalue weighted by atomic mass is 32.2. The normalized spacial score (nSPS) is 14.5. The number of hydrogen-bond acceptors (Lipinski definition) is 3. The Morgan fingerprint density at radius 1 is 1.60 bits per heavy atom. The van der Waals surface area contributed by atoms with Crippen molar-refractivity contribution in [3.8, 4) is 0 Å². The Morgan fingerprint density at radius 3 is 2.60 bits per heavy atom. The number of rotatable bonds is 6. The summed E-state index contributed by atoms with van der Waals surface area (Å²) in [5.41, 5.74) is 0. The standard InChI is InChI=1S/C10H22N2O2S/c1-5-9(7-15-4)11-10(14)12(3)6-8(2)13/h8-9,13H,5-7H2,1-4H3,(H,11,14). The molecule has 4 nitrogen and oxygen atoms in total. The van der Waals surface area contributed by atoms with E-state index in [0.717, 1.165) is 12.2 Å². The summed E-state index contributed by atoms with van der Waals surface area (Å²) in [4.78, 5) is 13.1. The number of amides is 2. The van der Waals surface area contributed by atoms with Crippen LogP contribution in [0.3, 0.4) is 0 Å². The summed E-state index contributed by atoms with van der Waals surface area (Å²) in [6.45, 7) is 4.08. The fraction of sp³-hybridized carbons (Fsp3) is 0.900. The molecule has 2 amide bonds. The van der Waals surface area contributed by atoms with Crippen molar-refractivity contribution in [1.82, 2.24) is 10.2 Å². The predicted octanol–water partition coefficient (Wildman–Crippen LogP) is 1.15. The fourth-order valence-corrected chi connectivity index (χ4v) is 1.95. The lowest BCUT2D eigenvalue weighted by molar-refractivity contribution is 0.142. The lowest BCUT2D eigenvalue weighted by Gasteiger charge is -2.23. The zero-order valence-corrected chi connectivity index (χ0v) is 10.8. The van der Waals surface area contributed by atoms with Gasteiger partial charge in [0.05, 0.1) is 6.10 Å². The van der Waals surface area contributed by atoms with Crippen LogP contribution in [0, 0.1) is 0 Å². The third-order valence-electron chi connectivity index (χ3n) is 2.07. The molecule has 0 aliphatic carbocycles. The van der Waals surface area contributed by atoms with E-state index in [1.54, 1.807) is 25.7 Å². The summed E-state index contributed by atoms with van der Waals surface area (Å²) in [6.07, 6.45) is 2.46. The van der Waals surface area contributed by atoms with E-state index in [9.17, 15) is 4.79 Å². The van der Waals surface area contributed by atoms with Crippen molar-refractivity contribution < 1.29 is 9.90 Å². The van der Waals surface area contributed by atoms with E-state index < -0.39 is 6.10 Å². The van der Waals surface area contributed by atoms with Gasteiger partial charge < -0.3 is 15.3 Å². The minimum absolute atomic E-state index is 0.114. The molecule has 0 aromatic heterocycles. The van der Waals surface area contributed by atoms with Crippen LogP contribution in [0.2, 0.25) is 0 Å². The van der Waals surface area contributed by atoms with Gasteiger partial charge in [0.1, 0.15) is 0 Å². The second kappa shape index (κ2) is 7.82. The minimum Gasteiger partial charge on any atom is -0.392 e. The smallest absolute Gasteiger partial charge is 0.317 e. The summed E-state index contributed by atoms with van der Waals surface area (Å²) in [5.74, 6) is 0.921. The second-order valence-corrected chi connectivity index (χ2v) is 4.65. The van der Waals surface area contributed by atoms with Gasteiger partial charge in [-0.3, -0.25) is 0 Å². The lowest BCUT2D eigenvalue weighted by Crippen LogP contribution is -2.45. The average Bonchev–Trinajstić information content (AvgIpc) is 2.15. The first kappa shape index (κ1) is 14.6. The molecule has 0 radical (unpaired) electrons. The van der Waals surface area contributed by atoms with Crippen LogP contribution in [0.15, 0.2) is 0 Å². The van der Waals surface area contributed by atoms with Crippen LogP contribution < -0.4 is 5.32 Å². The lowest BCUT2D eigenvalue weighted by atomic mass is 10.2. The number of nitrogens with zero attached hydrogens (tertiary/aromatic N) is 1. The molecule has 0 aromatic rings. The number of urea groups is 1. The molecule has 15 heavy (non-hydrogen) atoms. The molecule has 0 saturated carbocycles. The quantitative estimate of drug-likeness (QED) is 0.725. The minimum atomic E-state index is -0.485. The molecule has 0 aromatic carbocycles. The van der Waals surface area contributed by atoms with Crippen LogP contribution >= 0.6 is 11.8 Å². The Balaban J connectivity index is 3.98. The molecular formula is C10H22N2O2S. The van der Waals surface area contributed by atoms with Gasteiger partial charge >= 0.3 is 6.03 Å². The first-order valence-corrected chi connectivity index (χ1v) is 6.59. The highest BCUT2D eigenvalue weighted by molar-refractivity contribution is 7.98. The zero-order valence-electron chi connectivity index (χ0n) is 9.99. The van der Waals surface area contributed by atoms with Gasteiger partial charge in [0.25, 0.3) is 0 Å². The fourth-order valence-electron chi connectivity index (χ4n) is 1.23. The van der Waals surface area contributed by atoms with E-state index in [0.29, 0.717) is 6.54 Å². The monoisotopic (exact) mass is 234 g/mol. The first-order chi connectivity index (χ1) is 7.01. The van der Waals surface area contributed by atoms with Crippen molar-refractivity contribution in [3.05, 3.63) is 0 Å². The van der Waals surface area contributed by atoms with E-state index in [1.807, 2.05) is 6.26 Å². The molecule has 0 bridgehead atoms. The number of aliphatic hydroxyl groups is 1. The maximum absolute atomic E-state index is 11.6. The van der Waals surface area contributed by atoms with Gasteiger partial charge in [-0.2, -0.15) is 11.8 Å². The SMILES string of the molecule is CCC(CSC)NC(=O)N(C)CC(C)O. The summed E-state index contributed by atoms with van der Waals surface area (Å²) >= 11 is 1.72. The van der Waals surface area contributed by atoms with Gasteiger partial charge in [-0.1, -0.05) is 6.92 Å². The molecule has 0 rings (SSSR count). The summed E-state index contributed by atoms with van der Waals surface area (Å²) < 4.78 is 0. The maximum Gasteiger partial charge on any atom is 0.317 e. The summed E-state index contributed by atoms with van der Waals surface area (Å²) in [7, 11) is 1.69. The van der Waals surface area contributed by atoms with Crippen molar-refractivity contribution in [2.24, 2.45) is 0 Å². The molecule has 0 aliphatic heterocycles. The van der Waals surface area contributed by atoms with E-state index in [4.69, 9.17) is 5.11 Å². The first-order valence-electron chi connectivity index (χ1n) is 5.19. The highest BCUT2D eigenvalue weighted by Gasteiger charge is 2.14. The Labute approximate surface area is 96.4 Å². The van der Waals surface area contributed by atoms with Gasteiger partial charge in [0, 0.05) is 25.4 Å². The largest absolute Gasteiger partial charge is 0.392 e. The number of hydrogen-bond donors (Lipinski definition) is 2. The Bertz CT molecular complexity index is 188. The van der Waals surface area contributed by atoms with Crippen LogP contribution in [-0.2, 0) is 0 Å². The van der Waals surface area contributed by atoms with Gasteiger partial charge in [-0.15, -0.1) is 0 Å². The number of thioether (sulfide) groups is 1. The van der Waals surface area contributed by atoms with Gasteiger partial charge in [0.2, 0.25) is 0 Å².